The van der Waals surface area contributed by atoms with Gasteiger partial charge in [-0.2, -0.15) is 0 Å². The fourth-order valence-corrected chi connectivity index (χ4v) is 4.65. The van der Waals surface area contributed by atoms with E-state index in [4.69, 9.17) is 14.2 Å². The Morgan fingerprint density at radius 2 is 2.11 bits per heavy atom. The summed E-state index contributed by atoms with van der Waals surface area (Å²) in [7, 11) is 1.62. The summed E-state index contributed by atoms with van der Waals surface area (Å²) >= 11 is 3.76. The lowest BCUT2D eigenvalue weighted by atomic mass is 9.94. The SMILES string of the molecule is CCOC(=O)C1=C(C)N=C2SC=CN2[C@H]1c1cc(I)c(OCC)c(OC)c1. The molecule has 2 heterocycles. The number of benzene rings is 1. The van der Waals surface area contributed by atoms with Crippen LogP contribution in [0.3, 0.4) is 0 Å². The molecule has 0 spiro atoms. The molecule has 144 valence electrons. The van der Waals surface area contributed by atoms with E-state index in [2.05, 4.69) is 27.6 Å². The Morgan fingerprint density at radius 1 is 1.33 bits per heavy atom. The first-order valence-electron chi connectivity index (χ1n) is 8.60. The van der Waals surface area contributed by atoms with Crippen molar-refractivity contribution in [1.29, 1.82) is 0 Å². The second-order valence-electron chi connectivity index (χ2n) is 5.79. The van der Waals surface area contributed by atoms with E-state index in [9.17, 15) is 4.79 Å². The standard InChI is InChI=1S/C19H21IN2O4S/c1-5-25-17-13(20)9-12(10-14(17)24-4)16-15(18(23)26-6-2)11(3)21-19-22(16)7-8-27-19/h7-10,16H,5-6H2,1-4H3/t16-/m0/s1. The Labute approximate surface area is 176 Å². The number of esters is 1. The van der Waals surface area contributed by atoms with E-state index in [0.29, 0.717) is 36.0 Å². The highest BCUT2D eigenvalue weighted by atomic mass is 127. The number of thioether (sulfide) groups is 1. The lowest BCUT2D eigenvalue weighted by Crippen LogP contribution is -2.34. The molecule has 2 aliphatic rings. The van der Waals surface area contributed by atoms with Gasteiger partial charge in [-0.05, 0) is 66.5 Å². The second kappa shape index (κ2) is 8.55. The third kappa shape index (κ3) is 3.82. The topological polar surface area (TPSA) is 60.4 Å². The van der Waals surface area contributed by atoms with E-state index in [0.717, 1.165) is 14.3 Å². The first-order valence-corrected chi connectivity index (χ1v) is 10.6. The fraction of sp³-hybridized carbons (Fsp3) is 0.368. The number of rotatable bonds is 6. The molecule has 0 unspecified atom stereocenters. The summed E-state index contributed by atoms with van der Waals surface area (Å²) < 4.78 is 17.5. The Morgan fingerprint density at radius 3 is 2.78 bits per heavy atom. The van der Waals surface area contributed by atoms with Crippen molar-refractivity contribution < 1.29 is 19.0 Å². The largest absolute Gasteiger partial charge is 0.493 e. The van der Waals surface area contributed by atoms with Crippen molar-refractivity contribution in [3.63, 3.8) is 0 Å². The highest BCUT2D eigenvalue weighted by Gasteiger charge is 2.38. The molecule has 2 aliphatic heterocycles. The lowest BCUT2D eigenvalue weighted by molar-refractivity contribution is -0.139. The maximum Gasteiger partial charge on any atom is 0.338 e. The summed E-state index contributed by atoms with van der Waals surface area (Å²) in [5, 5.41) is 2.80. The smallest absolute Gasteiger partial charge is 0.338 e. The van der Waals surface area contributed by atoms with Gasteiger partial charge in [-0.3, -0.25) is 0 Å². The monoisotopic (exact) mass is 500 g/mol. The van der Waals surface area contributed by atoms with Crippen LogP contribution in [0, 0.1) is 3.57 Å². The molecule has 8 heteroatoms. The van der Waals surface area contributed by atoms with Crippen LogP contribution < -0.4 is 9.47 Å². The maximum atomic E-state index is 12.7. The molecule has 0 aromatic heterocycles. The summed E-state index contributed by atoms with van der Waals surface area (Å²) in [6.45, 7) is 6.44. The average molecular weight is 500 g/mol. The highest BCUT2D eigenvalue weighted by molar-refractivity contribution is 14.1. The van der Waals surface area contributed by atoms with Crippen LogP contribution in [0.15, 0.2) is 40.0 Å². The molecule has 0 aliphatic carbocycles. The lowest BCUT2D eigenvalue weighted by Gasteiger charge is -2.33. The first-order chi connectivity index (χ1) is 13.0. The van der Waals surface area contributed by atoms with Crippen LogP contribution in [0.1, 0.15) is 32.4 Å². The number of fused-ring (bicyclic) bond motifs is 1. The van der Waals surface area contributed by atoms with Gasteiger partial charge in [0, 0.05) is 6.20 Å². The number of carbonyl (C=O) groups is 1. The first kappa shape index (κ1) is 20.1. The fourth-order valence-electron chi connectivity index (χ4n) is 3.08. The quantitative estimate of drug-likeness (QED) is 0.425. The minimum atomic E-state index is -0.351. The molecule has 0 saturated heterocycles. The normalized spacial score (nSPS) is 18.3. The third-order valence-electron chi connectivity index (χ3n) is 4.17. The van der Waals surface area contributed by atoms with Crippen LogP contribution in [0.4, 0.5) is 0 Å². The zero-order valence-electron chi connectivity index (χ0n) is 15.6. The molecule has 6 nitrogen and oxygen atoms in total. The van der Waals surface area contributed by atoms with Gasteiger partial charge in [0.05, 0.1) is 41.2 Å². The maximum absolute atomic E-state index is 12.7. The summed E-state index contributed by atoms with van der Waals surface area (Å²) in [5.41, 5.74) is 2.13. The van der Waals surface area contributed by atoms with Crippen LogP contribution in [0.5, 0.6) is 11.5 Å². The van der Waals surface area contributed by atoms with Crippen LogP contribution in [0.25, 0.3) is 0 Å². The number of hydrogen-bond acceptors (Lipinski definition) is 7. The zero-order valence-corrected chi connectivity index (χ0v) is 18.6. The number of hydrogen-bond donors (Lipinski definition) is 0. The van der Waals surface area contributed by atoms with E-state index in [1.54, 1.807) is 14.0 Å². The molecular formula is C19H21IN2O4S. The molecule has 0 fully saturated rings. The van der Waals surface area contributed by atoms with E-state index >= 15 is 0 Å². The van der Waals surface area contributed by atoms with E-state index < -0.39 is 0 Å². The number of allylic oxidation sites excluding steroid dienone is 1. The molecule has 0 bridgehead atoms. The molecule has 0 N–H and O–H groups in total. The summed E-state index contributed by atoms with van der Waals surface area (Å²) in [6.07, 6.45) is 1.94. The van der Waals surface area contributed by atoms with Crippen molar-refractivity contribution in [3.05, 3.63) is 44.1 Å². The third-order valence-corrected chi connectivity index (χ3v) is 5.74. The minimum absolute atomic E-state index is 0.313. The van der Waals surface area contributed by atoms with E-state index in [1.807, 2.05) is 42.5 Å². The highest BCUT2D eigenvalue weighted by Crippen LogP contribution is 2.44. The summed E-state index contributed by atoms with van der Waals surface area (Å²) in [5.74, 6) is 0.995. The number of halogens is 1. The van der Waals surface area contributed by atoms with Gasteiger partial charge < -0.3 is 19.1 Å². The van der Waals surface area contributed by atoms with Crippen LogP contribution in [-0.4, -0.2) is 36.4 Å². The van der Waals surface area contributed by atoms with Gasteiger partial charge >= 0.3 is 5.97 Å². The van der Waals surface area contributed by atoms with Crippen molar-refractivity contribution in [2.75, 3.05) is 20.3 Å². The number of nitrogens with zero attached hydrogens (tertiary/aromatic N) is 2. The van der Waals surface area contributed by atoms with Crippen molar-refractivity contribution in [2.24, 2.45) is 4.99 Å². The van der Waals surface area contributed by atoms with Crippen molar-refractivity contribution in [1.82, 2.24) is 4.90 Å². The van der Waals surface area contributed by atoms with Gasteiger partial charge in [0.2, 0.25) is 0 Å². The molecule has 0 radical (unpaired) electrons. The van der Waals surface area contributed by atoms with Gasteiger partial charge in [0.15, 0.2) is 16.7 Å². The van der Waals surface area contributed by atoms with Crippen molar-refractivity contribution >= 4 is 45.5 Å². The molecule has 1 aromatic rings. The summed E-state index contributed by atoms with van der Waals surface area (Å²) in [6, 6.07) is 3.61. The van der Waals surface area contributed by atoms with Gasteiger partial charge in [0.25, 0.3) is 0 Å². The van der Waals surface area contributed by atoms with E-state index in [1.165, 1.54) is 11.8 Å². The number of methoxy groups -OCH3 is 1. The predicted octanol–water partition coefficient (Wildman–Crippen LogP) is 4.47. The Kier molecular flexibility index (Phi) is 6.36. The Bertz CT molecular complexity index is 850. The second-order valence-corrected chi connectivity index (χ2v) is 7.83. The Hall–Kier alpha value is -1.68. The molecule has 27 heavy (non-hydrogen) atoms. The van der Waals surface area contributed by atoms with Crippen LogP contribution in [0.2, 0.25) is 0 Å². The molecular weight excluding hydrogens is 479 g/mol. The van der Waals surface area contributed by atoms with Gasteiger partial charge in [-0.25, -0.2) is 9.79 Å². The molecule has 0 saturated carbocycles. The molecule has 0 amide bonds. The number of ether oxygens (including phenoxy) is 3. The molecule has 1 atom stereocenters. The van der Waals surface area contributed by atoms with Crippen LogP contribution in [-0.2, 0) is 9.53 Å². The summed E-state index contributed by atoms with van der Waals surface area (Å²) in [4.78, 5) is 19.3. The predicted molar refractivity (Wildman–Crippen MR) is 115 cm³/mol. The van der Waals surface area contributed by atoms with E-state index in [-0.39, 0.29) is 12.0 Å². The van der Waals surface area contributed by atoms with Gasteiger partial charge in [-0.15, -0.1) is 0 Å². The van der Waals surface area contributed by atoms with Gasteiger partial charge in [0.1, 0.15) is 0 Å². The minimum Gasteiger partial charge on any atom is -0.493 e. The van der Waals surface area contributed by atoms with Crippen molar-refractivity contribution in [3.8, 4) is 11.5 Å². The Balaban J connectivity index is 2.14. The van der Waals surface area contributed by atoms with Crippen molar-refractivity contribution in [2.45, 2.75) is 26.8 Å². The number of amidine groups is 1. The van der Waals surface area contributed by atoms with Crippen LogP contribution >= 0.6 is 34.4 Å². The zero-order chi connectivity index (χ0) is 19.6. The number of aliphatic imine (C=N–C) groups is 1. The number of carbonyl (C=O) groups excluding carboxylic acids is 1. The molecule has 3 rings (SSSR count). The average Bonchev–Trinajstić information content (AvgIpc) is 3.10. The van der Waals surface area contributed by atoms with Gasteiger partial charge in [-0.1, -0.05) is 11.8 Å². The molecule has 1 aromatic carbocycles.